The Labute approximate surface area is 181 Å². The average Bonchev–Trinajstić information content (AvgIpc) is 2.66. The van der Waals surface area contributed by atoms with Crippen LogP contribution in [-0.4, -0.2) is 32.9 Å². The number of alkyl halides is 3. The highest BCUT2D eigenvalue weighted by atomic mass is 35.5. The van der Waals surface area contributed by atoms with Crippen LogP contribution >= 0.6 is 11.6 Å². The summed E-state index contributed by atoms with van der Waals surface area (Å²) in [5.74, 6) is -2.18. The highest BCUT2D eigenvalue weighted by Crippen LogP contribution is 2.38. The lowest BCUT2D eigenvalue weighted by Crippen LogP contribution is -2.40. The van der Waals surface area contributed by atoms with Gasteiger partial charge in [0, 0.05) is 0 Å². The summed E-state index contributed by atoms with van der Waals surface area (Å²) in [5, 5.41) is 1.60. The van der Waals surface area contributed by atoms with E-state index in [0.717, 1.165) is 23.8 Å². The first kappa shape index (κ1) is 24.6. The summed E-state index contributed by atoms with van der Waals surface area (Å²) >= 11 is 5.73. The van der Waals surface area contributed by atoms with Gasteiger partial charge < -0.3 is 10.1 Å². The van der Waals surface area contributed by atoms with E-state index in [0.29, 0.717) is 0 Å². The summed E-state index contributed by atoms with van der Waals surface area (Å²) in [6.07, 6.45) is -4.77. The molecule has 1 atom stereocenters. The Morgan fingerprint density at radius 2 is 1.74 bits per heavy atom. The summed E-state index contributed by atoms with van der Waals surface area (Å²) in [4.78, 5) is 23.9. The molecular weight excluding hydrogens is 461 g/mol. The Hall–Kier alpha value is -2.63. The molecule has 2 N–H and O–H groups in total. The number of amides is 1. The second-order valence-corrected chi connectivity index (χ2v) is 8.59. The number of para-hydroxylation sites is 1. The van der Waals surface area contributed by atoms with Gasteiger partial charge in [0.15, 0.2) is 6.61 Å². The lowest BCUT2D eigenvalue weighted by atomic mass is 10.1. The maximum absolute atomic E-state index is 13.1. The van der Waals surface area contributed by atoms with Crippen LogP contribution in [0.5, 0.6) is 0 Å². The Bertz CT molecular complexity index is 1070. The Kier molecular flexibility index (Phi) is 7.68. The summed E-state index contributed by atoms with van der Waals surface area (Å²) < 4.78 is 70.5. The molecule has 7 nitrogen and oxygen atoms in total. The van der Waals surface area contributed by atoms with Crippen molar-refractivity contribution in [3.8, 4) is 0 Å². The molecule has 0 saturated carbocycles. The van der Waals surface area contributed by atoms with Gasteiger partial charge in [-0.1, -0.05) is 35.4 Å². The smallest absolute Gasteiger partial charge is 0.418 e. The second kappa shape index (κ2) is 9.67. The zero-order chi connectivity index (χ0) is 23.4. The summed E-state index contributed by atoms with van der Waals surface area (Å²) in [6, 6.07) is 7.46. The van der Waals surface area contributed by atoms with Gasteiger partial charge in [0.05, 0.1) is 21.2 Å². The number of anilines is 1. The molecule has 12 heteroatoms. The van der Waals surface area contributed by atoms with Crippen molar-refractivity contribution in [3.63, 3.8) is 0 Å². The fourth-order valence-corrected chi connectivity index (χ4v) is 3.80. The standard InChI is InChI=1S/C19H18ClF3N2O5S/c1-11-6-8-13(9-7-11)31(28,29)25-12(2)18(27)30-10-16(26)24-17-14(19(21,22)23)4-3-5-15(17)20/h3-9,12,25H,10H2,1-2H3,(H,24,26)/t12-/m0/s1. The Morgan fingerprint density at radius 3 is 2.32 bits per heavy atom. The number of halogens is 4. The van der Waals surface area contributed by atoms with Crippen LogP contribution in [0.25, 0.3) is 0 Å². The fourth-order valence-electron chi connectivity index (χ4n) is 2.39. The van der Waals surface area contributed by atoms with Gasteiger partial charge in [0.2, 0.25) is 10.0 Å². The zero-order valence-corrected chi connectivity index (χ0v) is 17.9. The quantitative estimate of drug-likeness (QED) is 0.593. The minimum Gasteiger partial charge on any atom is -0.454 e. The lowest BCUT2D eigenvalue weighted by Gasteiger charge is -2.16. The number of benzene rings is 2. The van der Waals surface area contributed by atoms with Crippen molar-refractivity contribution in [2.45, 2.75) is 31.0 Å². The van der Waals surface area contributed by atoms with Crippen LogP contribution < -0.4 is 10.0 Å². The van der Waals surface area contributed by atoms with Gasteiger partial charge in [-0.15, -0.1) is 0 Å². The Balaban J connectivity index is 1.98. The summed E-state index contributed by atoms with van der Waals surface area (Å²) in [6.45, 7) is 2.02. The van der Waals surface area contributed by atoms with E-state index in [1.807, 2.05) is 5.32 Å². The van der Waals surface area contributed by atoms with Crippen LogP contribution in [0.4, 0.5) is 18.9 Å². The van der Waals surface area contributed by atoms with Crippen molar-refractivity contribution in [3.05, 3.63) is 58.6 Å². The van der Waals surface area contributed by atoms with E-state index in [1.54, 1.807) is 19.1 Å². The molecule has 0 aromatic heterocycles. The van der Waals surface area contributed by atoms with Crippen LogP contribution in [-0.2, 0) is 30.5 Å². The third-order valence-corrected chi connectivity index (χ3v) is 5.82. The predicted molar refractivity (Wildman–Crippen MR) is 107 cm³/mol. The first-order chi connectivity index (χ1) is 14.3. The van der Waals surface area contributed by atoms with Gasteiger partial charge in [0.25, 0.3) is 5.91 Å². The molecule has 0 saturated heterocycles. The molecule has 0 spiro atoms. The number of sulfonamides is 1. The van der Waals surface area contributed by atoms with Crippen LogP contribution in [0.2, 0.25) is 5.02 Å². The first-order valence-corrected chi connectivity index (χ1v) is 10.6. The number of esters is 1. The predicted octanol–water partition coefficient (Wildman–Crippen LogP) is 3.52. The molecule has 168 valence electrons. The minimum atomic E-state index is -4.77. The zero-order valence-electron chi connectivity index (χ0n) is 16.3. The lowest BCUT2D eigenvalue weighted by molar-refractivity contribution is -0.148. The van der Waals surface area contributed by atoms with E-state index in [2.05, 4.69) is 4.72 Å². The van der Waals surface area contributed by atoms with Crippen LogP contribution in [0.1, 0.15) is 18.1 Å². The topological polar surface area (TPSA) is 102 Å². The van der Waals surface area contributed by atoms with E-state index in [1.165, 1.54) is 19.1 Å². The number of carbonyl (C=O) groups is 2. The summed E-state index contributed by atoms with van der Waals surface area (Å²) in [7, 11) is -4.03. The van der Waals surface area contributed by atoms with E-state index in [-0.39, 0.29) is 9.92 Å². The average molecular weight is 479 g/mol. The number of ether oxygens (including phenoxy) is 1. The third kappa shape index (κ3) is 6.68. The number of nitrogens with one attached hydrogen (secondary N) is 2. The number of aryl methyl sites for hydroxylation is 1. The molecule has 0 unspecified atom stereocenters. The first-order valence-electron chi connectivity index (χ1n) is 8.72. The minimum absolute atomic E-state index is 0.0751. The molecule has 0 aliphatic carbocycles. The maximum Gasteiger partial charge on any atom is 0.418 e. The molecule has 0 aliphatic rings. The molecule has 1 amide bonds. The molecule has 0 fully saturated rings. The van der Waals surface area contributed by atoms with Crippen molar-refractivity contribution in [2.24, 2.45) is 0 Å². The second-order valence-electron chi connectivity index (χ2n) is 6.47. The summed E-state index contributed by atoms with van der Waals surface area (Å²) in [5.41, 5.74) is -1.01. The monoisotopic (exact) mass is 478 g/mol. The normalized spacial score (nSPS) is 12.8. The van der Waals surface area contributed by atoms with Gasteiger partial charge in [-0.2, -0.15) is 17.9 Å². The fraction of sp³-hybridized carbons (Fsp3) is 0.263. The molecule has 2 rings (SSSR count). The molecule has 0 heterocycles. The number of hydrogen-bond donors (Lipinski definition) is 2. The van der Waals surface area contributed by atoms with E-state index in [4.69, 9.17) is 16.3 Å². The largest absolute Gasteiger partial charge is 0.454 e. The van der Waals surface area contributed by atoms with Gasteiger partial charge in [-0.05, 0) is 38.1 Å². The van der Waals surface area contributed by atoms with Crippen molar-refractivity contribution in [1.82, 2.24) is 4.72 Å². The van der Waals surface area contributed by atoms with Gasteiger partial charge >= 0.3 is 12.1 Å². The van der Waals surface area contributed by atoms with Gasteiger partial charge in [-0.3, -0.25) is 9.59 Å². The Morgan fingerprint density at radius 1 is 1.13 bits per heavy atom. The molecule has 2 aromatic rings. The van der Waals surface area contributed by atoms with Gasteiger partial charge in [-0.25, -0.2) is 8.42 Å². The molecule has 2 aromatic carbocycles. The van der Waals surface area contributed by atoms with E-state index < -0.39 is 52.0 Å². The molecule has 31 heavy (non-hydrogen) atoms. The van der Waals surface area contributed by atoms with Crippen LogP contribution in [0.15, 0.2) is 47.4 Å². The highest BCUT2D eigenvalue weighted by molar-refractivity contribution is 7.89. The molecule has 0 bridgehead atoms. The van der Waals surface area contributed by atoms with E-state index >= 15 is 0 Å². The van der Waals surface area contributed by atoms with Gasteiger partial charge in [0.1, 0.15) is 6.04 Å². The SMILES string of the molecule is Cc1ccc(S(=O)(=O)N[C@@H](C)C(=O)OCC(=O)Nc2c(Cl)cccc2C(F)(F)F)cc1. The van der Waals surface area contributed by atoms with Crippen molar-refractivity contribution < 1.29 is 35.9 Å². The number of rotatable bonds is 7. The van der Waals surface area contributed by atoms with Crippen molar-refractivity contribution >= 4 is 39.2 Å². The van der Waals surface area contributed by atoms with Crippen molar-refractivity contribution in [1.29, 1.82) is 0 Å². The highest BCUT2D eigenvalue weighted by Gasteiger charge is 2.35. The third-order valence-electron chi connectivity index (χ3n) is 3.95. The van der Waals surface area contributed by atoms with Crippen molar-refractivity contribution in [2.75, 3.05) is 11.9 Å². The molecule has 0 aliphatic heterocycles. The molecular formula is C19H18ClF3N2O5S. The molecule has 0 radical (unpaired) electrons. The number of carbonyl (C=O) groups excluding carboxylic acids is 2. The maximum atomic E-state index is 13.1. The van der Waals surface area contributed by atoms with E-state index in [9.17, 15) is 31.2 Å². The number of hydrogen-bond acceptors (Lipinski definition) is 5. The van der Waals surface area contributed by atoms with Crippen LogP contribution in [0.3, 0.4) is 0 Å². The van der Waals surface area contributed by atoms with Crippen LogP contribution in [0, 0.1) is 6.92 Å².